The topological polar surface area (TPSA) is 42.7 Å². The molecular weight excluding hydrogens is 236 g/mol. The first-order valence-electron chi connectivity index (χ1n) is 6.58. The maximum atomic E-state index is 4.45. The Morgan fingerprint density at radius 2 is 1.95 bits per heavy atom. The lowest BCUT2D eigenvalue weighted by molar-refractivity contribution is 0.355. The van der Waals surface area contributed by atoms with Crippen molar-refractivity contribution in [2.24, 2.45) is 0 Å². The number of anilines is 1. The van der Waals surface area contributed by atoms with E-state index in [1.165, 1.54) is 5.56 Å². The molecule has 0 aliphatic heterocycles. The van der Waals surface area contributed by atoms with Gasteiger partial charge in [0.15, 0.2) is 0 Å². The average molecular weight is 258 g/mol. The molecule has 19 heavy (non-hydrogen) atoms. The molecule has 102 valence electrons. The number of aromatic nitrogens is 3. The maximum Gasteiger partial charge on any atom is 0.0606 e. The number of aryl methyl sites for hydroxylation is 2. The highest BCUT2D eigenvalue weighted by Crippen LogP contribution is 2.16. The Bertz CT molecular complexity index is 564. The van der Waals surface area contributed by atoms with Crippen molar-refractivity contribution in [3.8, 4) is 0 Å². The molecule has 0 radical (unpaired) electrons. The standard InChI is InChI=1S/C15H22N4/c1-11-6-7-14(12(2)18-11)16-8-13-9-17-19(10-13)15(3,4)5/h6-7,9-10,16H,8H2,1-5H3. The molecule has 2 rings (SSSR count). The normalized spacial score (nSPS) is 11.6. The fourth-order valence-corrected chi connectivity index (χ4v) is 1.89. The van der Waals surface area contributed by atoms with Gasteiger partial charge in [0.1, 0.15) is 0 Å². The summed E-state index contributed by atoms with van der Waals surface area (Å²) in [6.07, 6.45) is 4.00. The Hall–Kier alpha value is -1.84. The van der Waals surface area contributed by atoms with E-state index in [1.807, 2.05) is 30.8 Å². The van der Waals surface area contributed by atoms with Crippen LogP contribution in [0.15, 0.2) is 24.5 Å². The lowest BCUT2D eigenvalue weighted by Gasteiger charge is -2.18. The number of nitrogens with zero attached hydrogens (tertiary/aromatic N) is 3. The van der Waals surface area contributed by atoms with Gasteiger partial charge >= 0.3 is 0 Å². The Morgan fingerprint density at radius 3 is 2.53 bits per heavy atom. The van der Waals surface area contributed by atoms with E-state index >= 15 is 0 Å². The molecule has 2 aromatic heterocycles. The van der Waals surface area contributed by atoms with Crippen LogP contribution in [0, 0.1) is 13.8 Å². The van der Waals surface area contributed by atoms with Crippen molar-refractivity contribution >= 4 is 5.69 Å². The van der Waals surface area contributed by atoms with Gasteiger partial charge < -0.3 is 5.32 Å². The van der Waals surface area contributed by atoms with Crippen molar-refractivity contribution in [1.29, 1.82) is 0 Å². The molecule has 0 saturated heterocycles. The molecule has 0 atom stereocenters. The van der Waals surface area contributed by atoms with Gasteiger partial charge in [-0.2, -0.15) is 5.10 Å². The molecule has 0 saturated carbocycles. The van der Waals surface area contributed by atoms with E-state index in [0.29, 0.717) is 0 Å². The summed E-state index contributed by atoms with van der Waals surface area (Å²) in [6, 6.07) is 4.10. The fraction of sp³-hybridized carbons (Fsp3) is 0.467. The average Bonchev–Trinajstić information content (AvgIpc) is 2.76. The van der Waals surface area contributed by atoms with Gasteiger partial charge in [0.25, 0.3) is 0 Å². The molecule has 0 fully saturated rings. The van der Waals surface area contributed by atoms with E-state index in [4.69, 9.17) is 0 Å². The molecule has 0 amide bonds. The highest BCUT2D eigenvalue weighted by Gasteiger charge is 2.13. The van der Waals surface area contributed by atoms with E-state index in [0.717, 1.165) is 23.6 Å². The van der Waals surface area contributed by atoms with Gasteiger partial charge in [-0.1, -0.05) is 0 Å². The SMILES string of the molecule is Cc1ccc(NCc2cnn(C(C)(C)C)c2)c(C)n1. The van der Waals surface area contributed by atoms with Gasteiger partial charge in [-0.05, 0) is 46.8 Å². The summed E-state index contributed by atoms with van der Waals surface area (Å²) in [6.45, 7) is 11.2. The number of nitrogens with one attached hydrogen (secondary N) is 1. The first kappa shape index (κ1) is 13.6. The minimum atomic E-state index is 0.0274. The van der Waals surface area contributed by atoms with Crippen LogP contribution in [0.3, 0.4) is 0 Å². The zero-order valence-corrected chi connectivity index (χ0v) is 12.4. The maximum absolute atomic E-state index is 4.45. The van der Waals surface area contributed by atoms with Crippen molar-refractivity contribution in [1.82, 2.24) is 14.8 Å². The van der Waals surface area contributed by atoms with Gasteiger partial charge in [-0.3, -0.25) is 9.67 Å². The highest BCUT2D eigenvalue weighted by molar-refractivity contribution is 5.47. The number of hydrogen-bond acceptors (Lipinski definition) is 3. The summed E-state index contributed by atoms with van der Waals surface area (Å²) in [7, 11) is 0. The fourth-order valence-electron chi connectivity index (χ4n) is 1.89. The van der Waals surface area contributed by atoms with Gasteiger partial charge in [-0.25, -0.2) is 0 Å². The molecule has 4 heteroatoms. The minimum absolute atomic E-state index is 0.0274. The largest absolute Gasteiger partial charge is 0.379 e. The van der Waals surface area contributed by atoms with E-state index < -0.39 is 0 Å². The molecule has 2 heterocycles. The highest BCUT2D eigenvalue weighted by atomic mass is 15.3. The second kappa shape index (κ2) is 5.03. The lowest BCUT2D eigenvalue weighted by atomic mass is 10.1. The van der Waals surface area contributed by atoms with Crippen LogP contribution in [0.1, 0.15) is 37.7 Å². The first-order chi connectivity index (χ1) is 8.86. The van der Waals surface area contributed by atoms with Crippen molar-refractivity contribution in [3.05, 3.63) is 41.5 Å². The summed E-state index contributed by atoms with van der Waals surface area (Å²) in [5.74, 6) is 0. The van der Waals surface area contributed by atoms with Crippen LogP contribution < -0.4 is 5.32 Å². The quantitative estimate of drug-likeness (QED) is 0.919. The summed E-state index contributed by atoms with van der Waals surface area (Å²) >= 11 is 0. The molecular formula is C15H22N4. The van der Waals surface area contributed by atoms with Crippen molar-refractivity contribution < 1.29 is 0 Å². The van der Waals surface area contributed by atoms with Gasteiger partial charge in [0.05, 0.1) is 23.1 Å². The number of hydrogen-bond donors (Lipinski definition) is 1. The van der Waals surface area contributed by atoms with Crippen LogP contribution in [0.5, 0.6) is 0 Å². The van der Waals surface area contributed by atoms with Crippen molar-refractivity contribution in [2.45, 2.75) is 46.7 Å². The molecule has 0 unspecified atom stereocenters. The summed E-state index contributed by atoms with van der Waals surface area (Å²) < 4.78 is 1.99. The predicted octanol–water partition coefficient (Wildman–Crippen LogP) is 3.26. The van der Waals surface area contributed by atoms with Crippen LogP contribution in [-0.4, -0.2) is 14.8 Å². The van der Waals surface area contributed by atoms with E-state index in [9.17, 15) is 0 Å². The molecule has 0 spiro atoms. The monoisotopic (exact) mass is 258 g/mol. The molecule has 4 nitrogen and oxygen atoms in total. The molecule has 0 bridgehead atoms. The lowest BCUT2D eigenvalue weighted by Crippen LogP contribution is -2.22. The van der Waals surface area contributed by atoms with Crippen LogP contribution in [-0.2, 0) is 12.1 Å². The third kappa shape index (κ3) is 3.34. The van der Waals surface area contributed by atoms with Crippen molar-refractivity contribution in [2.75, 3.05) is 5.32 Å². The smallest absolute Gasteiger partial charge is 0.0606 e. The number of rotatable bonds is 3. The molecule has 0 aliphatic carbocycles. The zero-order chi connectivity index (χ0) is 14.0. The second-order valence-corrected chi connectivity index (χ2v) is 5.90. The Balaban J connectivity index is 2.04. The molecule has 2 aromatic rings. The Labute approximate surface area is 114 Å². The minimum Gasteiger partial charge on any atom is -0.379 e. The van der Waals surface area contributed by atoms with Crippen LogP contribution >= 0.6 is 0 Å². The predicted molar refractivity (Wildman–Crippen MR) is 78.3 cm³/mol. The van der Waals surface area contributed by atoms with Gasteiger partial charge in [-0.15, -0.1) is 0 Å². The van der Waals surface area contributed by atoms with Gasteiger partial charge in [0.2, 0.25) is 0 Å². The molecule has 0 aliphatic rings. The molecule has 0 aromatic carbocycles. The zero-order valence-electron chi connectivity index (χ0n) is 12.4. The first-order valence-corrected chi connectivity index (χ1v) is 6.58. The van der Waals surface area contributed by atoms with E-state index in [1.54, 1.807) is 0 Å². The van der Waals surface area contributed by atoms with E-state index in [2.05, 4.69) is 48.4 Å². The third-order valence-electron chi connectivity index (χ3n) is 3.03. The van der Waals surface area contributed by atoms with E-state index in [-0.39, 0.29) is 5.54 Å². The van der Waals surface area contributed by atoms with Crippen molar-refractivity contribution in [3.63, 3.8) is 0 Å². The van der Waals surface area contributed by atoms with Crippen LogP contribution in [0.25, 0.3) is 0 Å². The van der Waals surface area contributed by atoms with Gasteiger partial charge in [0, 0.05) is 24.0 Å². The Kier molecular flexibility index (Phi) is 3.60. The third-order valence-corrected chi connectivity index (χ3v) is 3.03. The van der Waals surface area contributed by atoms with Crippen LogP contribution in [0.4, 0.5) is 5.69 Å². The Morgan fingerprint density at radius 1 is 1.21 bits per heavy atom. The summed E-state index contributed by atoms with van der Waals surface area (Å²) in [5.41, 5.74) is 4.36. The summed E-state index contributed by atoms with van der Waals surface area (Å²) in [4.78, 5) is 4.45. The molecule has 1 N–H and O–H groups in total. The summed E-state index contributed by atoms with van der Waals surface area (Å²) in [5, 5.41) is 7.80. The number of pyridine rings is 1. The second-order valence-electron chi connectivity index (χ2n) is 5.90. The van der Waals surface area contributed by atoms with Crippen LogP contribution in [0.2, 0.25) is 0 Å².